The highest BCUT2D eigenvalue weighted by atomic mass is 16.5. The summed E-state index contributed by atoms with van der Waals surface area (Å²) in [4.78, 5) is 14.8. The summed E-state index contributed by atoms with van der Waals surface area (Å²) in [6, 6.07) is 11.8. The maximum atomic E-state index is 12.9. The van der Waals surface area contributed by atoms with E-state index in [0.717, 1.165) is 58.5 Å². The predicted octanol–water partition coefficient (Wildman–Crippen LogP) is 5.78. The summed E-state index contributed by atoms with van der Waals surface area (Å²) >= 11 is 0. The molecule has 1 aromatic heterocycles. The largest absolute Gasteiger partial charge is 0.497 e. The number of amides is 1. The van der Waals surface area contributed by atoms with Crippen LogP contribution in [-0.4, -0.2) is 38.1 Å². The van der Waals surface area contributed by atoms with Crippen molar-refractivity contribution in [3.8, 4) is 22.6 Å². The lowest BCUT2D eigenvalue weighted by molar-refractivity contribution is -0.127. The van der Waals surface area contributed by atoms with Crippen LogP contribution in [0.25, 0.3) is 27.7 Å². The Bertz CT molecular complexity index is 1130. The van der Waals surface area contributed by atoms with Gasteiger partial charge in [0.1, 0.15) is 17.1 Å². The summed E-state index contributed by atoms with van der Waals surface area (Å²) in [5.41, 5.74) is 4.48. The lowest BCUT2D eigenvalue weighted by Gasteiger charge is -2.30. The van der Waals surface area contributed by atoms with E-state index in [2.05, 4.69) is 6.92 Å². The number of furan rings is 1. The molecule has 2 aromatic carbocycles. The molecule has 162 valence electrons. The van der Waals surface area contributed by atoms with Crippen LogP contribution in [0.3, 0.4) is 0 Å². The molecule has 1 fully saturated rings. The third-order valence-electron chi connectivity index (χ3n) is 6.01. The van der Waals surface area contributed by atoms with Gasteiger partial charge in [0.15, 0.2) is 0 Å². The van der Waals surface area contributed by atoms with E-state index in [-0.39, 0.29) is 5.91 Å². The summed E-state index contributed by atoms with van der Waals surface area (Å²) < 4.78 is 16.8. The maximum Gasteiger partial charge on any atom is 0.246 e. The second-order valence-electron chi connectivity index (χ2n) is 8.29. The number of ether oxygens (including phenoxy) is 2. The topological polar surface area (TPSA) is 51.9 Å². The number of methoxy groups -OCH3 is 2. The number of nitrogens with zero attached hydrogens (tertiary/aromatic N) is 1. The van der Waals surface area contributed by atoms with Crippen molar-refractivity contribution in [3.63, 3.8) is 0 Å². The third kappa shape index (κ3) is 4.31. The van der Waals surface area contributed by atoms with Crippen LogP contribution in [0.15, 0.2) is 53.2 Å². The molecule has 4 rings (SSSR count). The number of hydrogen-bond donors (Lipinski definition) is 0. The highest BCUT2D eigenvalue weighted by Crippen LogP contribution is 2.38. The van der Waals surface area contributed by atoms with E-state index in [1.807, 2.05) is 48.2 Å². The van der Waals surface area contributed by atoms with Crippen molar-refractivity contribution in [2.75, 3.05) is 27.3 Å². The number of likely N-dealkylation sites (tertiary alicyclic amines) is 1. The van der Waals surface area contributed by atoms with Gasteiger partial charge in [0.2, 0.25) is 5.91 Å². The Morgan fingerprint density at radius 2 is 2.03 bits per heavy atom. The van der Waals surface area contributed by atoms with Crippen molar-refractivity contribution < 1.29 is 18.7 Å². The molecule has 31 heavy (non-hydrogen) atoms. The summed E-state index contributed by atoms with van der Waals surface area (Å²) in [6.07, 6.45) is 5.73. The fourth-order valence-corrected chi connectivity index (χ4v) is 4.29. The standard InChI is InChI=1S/C26H29NO4/c1-17-7-6-10-27(15-17)26(28)11-18(2)21-13-22-23(16-31-25(22)14-24(21)30-4)19-8-5-9-20(12-19)29-3/h5,8-9,11-14,16-17H,6-7,10,15H2,1-4H3/b18-11+. The molecule has 0 radical (unpaired) electrons. The minimum Gasteiger partial charge on any atom is -0.497 e. The molecule has 0 N–H and O–H groups in total. The lowest BCUT2D eigenvalue weighted by atomic mass is 9.98. The molecule has 1 aliphatic heterocycles. The minimum absolute atomic E-state index is 0.0615. The molecular formula is C26H29NO4. The van der Waals surface area contributed by atoms with Gasteiger partial charge in [0.05, 0.1) is 20.5 Å². The molecular weight excluding hydrogens is 390 g/mol. The number of benzene rings is 2. The van der Waals surface area contributed by atoms with E-state index in [1.54, 1.807) is 26.6 Å². The summed E-state index contributed by atoms with van der Waals surface area (Å²) in [5.74, 6) is 2.09. The van der Waals surface area contributed by atoms with Crippen LogP contribution in [0.1, 0.15) is 32.3 Å². The zero-order valence-corrected chi connectivity index (χ0v) is 18.6. The summed E-state index contributed by atoms with van der Waals surface area (Å²) in [6.45, 7) is 5.80. The Morgan fingerprint density at radius 3 is 2.77 bits per heavy atom. The molecule has 1 unspecified atom stereocenters. The number of allylic oxidation sites excluding steroid dienone is 1. The molecule has 5 nitrogen and oxygen atoms in total. The van der Waals surface area contributed by atoms with Crippen molar-refractivity contribution in [3.05, 3.63) is 54.3 Å². The molecule has 0 bridgehead atoms. The predicted molar refractivity (Wildman–Crippen MR) is 123 cm³/mol. The number of piperidine rings is 1. The zero-order valence-electron chi connectivity index (χ0n) is 18.6. The van der Waals surface area contributed by atoms with Crippen molar-refractivity contribution >= 4 is 22.4 Å². The van der Waals surface area contributed by atoms with Gasteiger partial charge >= 0.3 is 0 Å². The van der Waals surface area contributed by atoms with Crippen LogP contribution < -0.4 is 9.47 Å². The van der Waals surface area contributed by atoms with Gasteiger partial charge in [0, 0.05) is 41.7 Å². The Morgan fingerprint density at radius 1 is 1.19 bits per heavy atom. The van der Waals surface area contributed by atoms with Crippen LogP contribution in [0, 0.1) is 5.92 Å². The quantitative estimate of drug-likeness (QED) is 0.492. The maximum absolute atomic E-state index is 12.9. The van der Waals surface area contributed by atoms with Gasteiger partial charge in [-0.1, -0.05) is 19.1 Å². The molecule has 0 spiro atoms. The molecule has 1 aliphatic rings. The highest BCUT2D eigenvalue weighted by Gasteiger charge is 2.21. The lowest BCUT2D eigenvalue weighted by Crippen LogP contribution is -2.38. The average molecular weight is 420 g/mol. The van der Waals surface area contributed by atoms with Gasteiger partial charge in [-0.25, -0.2) is 0 Å². The van der Waals surface area contributed by atoms with Crippen molar-refractivity contribution in [1.29, 1.82) is 0 Å². The summed E-state index contributed by atoms with van der Waals surface area (Å²) in [7, 11) is 3.29. The Labute approximate surface area is 183 Å². The first-order chi connectivity index (χ1) is 15.0. The smallest absolute Gasteiger partial charge is 0.246 e. The molecule has 1 atom stereocenters. The van der Waals surface area contributed by atoms with Gasteiger partial charge in [-0.3, -0.25) is 4.79 Å². The number of rotatable bonds is 5. The SMILES string of the molecule is COc1cccc(-c2coc3cc(OC)c(/C(C)=C/C(=O)N4CCCC(C)C4)cc23)c1. The van der Waals surface area contributed by atoms with Crippen LogP contribution >= 0.6 is 0 Å². The minimum atomic E-state index is 0.0615. The van der Waals surface area contributed by atoms with Crippen LogP contribution in [0.4, 0.5) is 0 Å². The van der Waals surface area contributed by atoms with Crippen molar-refractivity contribution in [1.82, 2.24) is 4.90 Å². The van der Waals surface area contributed by atoms with Gasteiger partial charge < -0.3 is 18.8 Å². The van der Waals surface area contributed by atoms with E-state index >= 15 is 0 Å². The van der Waals surface area contributed by atoms with E-state index in [4.69, 9.17) is 13.9 Å². The van der Waals surface area contributed by atoms with Crippen LogP contribution in [0.2, 0.25) is 0 Å². The first-order valence-corrected chi connectivity index (χ1v) is 10.7. The highest BCUT2D eigenvalue weighted by molar-refractivity contribution is 6.00. The molecule has 1 saturated heterocycles. The van der Waals surface area contributed by atoms with E-state index in [1.165, 1.54) is 6.42 Å². The first kappa shape index (κ1) is 21.0. The average Bonchev–Trinajstić information content (AvgIpc) is 3.21. The Kier molecular flexibility index (Phi) is 6.03. The molecule has 2 heterocycles. The normalized spacial score (nSPS) is 17.1. The van der Waals surface area contributed by atoms with Gasteiger partial charge in [0.25, 0.3) is 0 Å². The second kappa shape index (κ2) is 8.88. The third-order valence-corrected chi connectivity index (χ3v) is 6.01. The van der Waals surface area contributed by atoms with Crippen molar-refractivity contribution in [2.24, 2.45) is 5.92 Å². The molecule has 0 aliphatic carbocycles. The summed E-state index contributed by atoms with van der Waals surface area (Å²) in [5, 5.41) is 0.968. The molecule has 5 heteroatoms. The van der Waals surface area contributed by atoms with Crippen LogP contribution in [0.5, 0.6) is 11.5 Å². The van der Waals surface area contributed by atoms with Gasteiger partial charge in [-0.2, -0.15) is 0 Å². The molecule has 0 saturated carbocycles. The van der Waals surface area contributed by atoms with Gasteiger partial charge in [-0.15, -0.1) is 0 Å². The van der Waals surface area contributed by atoms with Crippen LogP contribution in [-0.2, 0) is 4.79 Å². The Balaban J connectivity index is 1.73. The van der Waals surface area contributed by atoms with E-state index in [9.17, 15) is 4.79 Å². The number of fused-ring (bicyclic) bond motifs is 1. The molecule has 3 aromatic rings. The fourth-order valence-electron chi connectivity index (χ4n) is 4.29. The van der Waals surface area contributed by atoms with Crippen molar-refractivity contribution in [2.45, 2.75) is 26.7 Å². The first-order valence-electron chi connectivity index (χ1n) is 10.7. The number of hydrogen-bond acceptors (Lipinski definition) is 4. The Hall–Kier alpha value is -3.21. The number of carbonyl (C=O) groups is 1. The number of carbonyl (C=O) groups excluding carboxylic acids is 1. The molecule has 1 amide bonds. The fraction of sp³-hybridized carbons (Fsp3) is 0.346. The van der Waals surface area contributed by atoms with Gasteiger partial charge in [-0.05, 0) is 55.0 Å². The van der Waals surface area contributed by atoms with E-state index < -0.39 is 0 Å². The second-order valence-corrected chi connectivity index (χ2v) is 8.29. The zero-order chi connectivity index (χ0) is 22.0. The van der Waals surface area contributed by atoms with E-state index in [0.29, 0.717) is 11.7 Å². The monoisotopic (exact) mass is 419 g/mol.